The van der Waals surface area contributed by atoms with Crippen molar-refractivity contribution in [1.82, 2.24) is 4.98 Å². The van der Waals surface area contributed by atoms with Crippen molar-refractivity contribution < 1.29 is 0 Å². The zero-order chi connectivity index (χ0) is 12.7. The molecule has 19 heavy (non-hydrogen) atoms. The first-order valence-electron chi connectivity index (χ1n) is 6.25. The maximum atomic E-state index is 4.86. The fourth-order valence-corrected chi connectivity index (χ4v) is 3.23. The Morgan fingerprint density at radius 2 is 1.42 bits per heavy atom. The summed E-state index contributed by atoms with van der Waals surface area (Å²) in [5.74, 6) is 0. The Morgan fingerprint density at radius 3 is 2.21 bits per heavy atom. The Kier molecular flexibility index (Phi) is 2.35. The molecule has 2 heteroatoms. The smallest absolute Gasteiger partial charge is 0.0887 e. The molecule has 0 N–H and O–H groups in total. The minimum atomic E-state index is 1.06. The standard InChI is InChI=1S/C17H11NS/c1-2-8-14-12(6-1)13-7-3-4-9-15(13)18-17(14)16-10-5-11-19-16/h1-11H. The van der Waals surface area contributed by atoms with Crippen molar-refractivity contribution in [2.75, 3.05) is 0 Å². The Hall–Kier alpha value is -2.19. The van der Waals surface area contributed by atoms with E-state index in [1.165, 1.54) is 21.0 Å². The average molecular weight is 261 g/mol. The molecule has 0 bridgehead atoms. The van der Waals surface area contributed by atoms with Crippen LogP contribution in [0.2, 0.25) is 0 Å². The SMILES string of the molecule is c1csc(-c2nc3ccccc3c3ccccc23)c1. The number of nitrogens with zero attached hydrogens (tertiary/aromatic N) is 1. The lowest BCUT2D eigenvalue weighted by molar-refractivity contribution is 1.45. The van der Waals surface area contributed by atoms with Crippen molar-refractivity contribution in [3.05, 3.63) is 66.0 Å². The van der Waals surface area contributed by atoms with Crippen LogP contribution in [-0.2, 0) is 0 Å². The number of hydrogen-bond acceptors (Lipinski definition) is 2. The molecule has 0 saturated heterocycles. The van der Waals surface area contributed by atoms with E-state index in [1.54, 1.807) is 11.3 Å². The van der Waals surface area contributed by atoms with Crippen molar-refractivity contribution in [1.29, 1.82) is 0 Å². The topological polar surface area (TPSA) is 12.9 Å². The van der Waals surface area contributed by atoms with Gasteiger partial charge in [-0.05, 0) is 22.9 Å². The summed E-state index contributed by atoms with van der Waals surface area (Å²) in [6.45, 7) is 0. The van der Waals surface area contributed by atoms with Crippen LogP contribution in [0.3, 0.4) is 0 Å². The van der Waals surface area contributed by atoms with Gasteiger partial charge in [0.25, 0.3) is 0 Å². The minimum absolute atomic E-state index is 1.06. The lowest BCUT2D eigenvalue weighted by Crippen LogP contribution is -1.87. The highest BCUT2D eigenvalue weighted by Gasteiger charge is 2.09. The number of para-hydroxylation sites is 1. The fourth-order valence-electron chi connectivity index (χ4n) is 2.51. The predicted molar refractivity (Wildman–Crippen MR) is 82.6 cm³/mol. The van der Waals surface area contributed by atoms with E-state index in [4.69, 9.17) is 4.98 Å². The summed E-state index contributed by atoms with van der Waals surface area (Å²) in [6.07, 6.45) is 0. The van der Waals surface area contributed by atoms with Gasteiger partial charge in [0.2, 0.25) is 0 Å². The van der Waals surface area contributed by atoms with Crippen molar-refractivity contribution in [2.24, 2.45) is 0 Å². The van der Waals surface area contributed by atoms with Crippen LogP contribution in [0.15, 0.2) is 66.0 Å². The number of rotatable bonds is 1. The maximum Gasteiger partial charge on any atom is 0.0887 e. The molecule has 0 unspecified atom stereocenters. The first-order valence-corrected chi connectivity index (χ1v) is 7.13. The quantitative estimate of drug-likeness (QED) is 0.433. The van der Waals surface area contributed by atoms with Crippen LogP contribution in [-0.4, -0.2) is 4.98 Å². The minimum Gasteiger partial charge on any atom is -0.246 e. The van der Waals surface area contributed by atoms with Gasteiger partial charge in [0, 0.05) is 10.8 Å². The van der Waals surface area contributed by atoms with Crippen LogP contribution in [0.5, 0.6) is 0 Å². The number of aromatic nitrogens is 1. The predicted octanol–water partition coefficient (Wildman–Crippen LogP) is 5.12. The molecule has 90 valence electrons. The van der Waals surface area contributed by atoms with E-state index >= 15 is 0 Å². The van der Waals surface area contributed by atoms with E-state index in [-0.39, 0.29) is 0 Å². The van der Waals surface area contributed by atoms with E-state index in [0.29, 0.717) is 0 Å². The lowest BCUT2D eigenvalue weighted by atomic mass is 10.0. The van der Waals surface area contributed by atoms with E-state index < -0.39 is 0 Å². The highest BCUT2D eigenvalue weighted by molar-refractivity contribution is 7.13. The fraction of sp³-hybridized carbons (Fsp3) is 0. The molecule has 2 aromatic carbocycles. The van der Waals surface area contributed by atoms with Gasteiger partial charge in [-0.3, -0.25) is 0 Å². The van der Waals surface area contributed by atoms with Gasteiger partial charge < -0.3 is 0 Å². The van der Waals surface area contributed by atoms with Crippen LogP contribution in [0, 0.1) is 0 Å². The highest BCUT2D eigenvalue weighted by atomic mass is 32.1. The molecule has 0 fully saturated rings. The highest BCUT2D eigenvalue weighted by Crippen LogP contribution is 2.33. The molecule has 4 aromatic rings. The molecule has 0 aliphatic rings. The summed E-state index contributed by atoms with van der Waals surface area (Å²) in [5.41, 5.74) is 2.15. The van der Waals surface area contributed by atoms with Gasteiger partial charge in [0.05, 0.1) is 16.1 Å². The Bertz CT molecular complexity index is 863. The zero-order valence-corrected chi connectivity index (χ0v) is 11.0. The molecule has 4 rings (SSSR count). The molecular formula is C17H11NS. The Labute approximate surface area is 115 Å². The summed E-state index contributed by atoms with van der Waals surface area (Å²) in [5, 5.41) is 5.82. The molecule has 0 amide bonds. The van der Waals surface area contributed by atoms with Crippen LogP contribution in [0.25, 0.3) is 32.2 Å². The number of pyridine rings is 1. The summed E-state index contributed by atoms with van der Waals surface area (Å²) in [6, 6.07) is 21.0. The third-order valence-corrected chi connectivity index (χ3v) is 4.24. The number of benzene rings is 2. The van der Waals surface area contributed by atoms with Gasteiger partial charge in [-0.1, -0.05) is 48.5 Å². The summed E-state index contributed by atoms with van der Waals surface area (Å²) >= 11 is 1.74. The second-order valence-corrected chi connectivity index (χ2v) is 5.45. The van der Waals surface area contributed by atoms with E-state index in [0.717, 1.165) is 11.2 Å². The normalized spacial score (nSPS) is 11.2. The van der Waals surface area contributed by atoms with Crippen LogP contribution < -0.4 is 0 Å². The van der Waals surface area contributed by atoms with Gasteiger partial charge in [0.15, 0.2) is 0 Å². The molecule has 0 radical (unpaired) electrons. The third kappa shape index (κ3) is 1.65. The van der Waals surface area contributed by atoms with E-state index in [2.05, 4.69) is 60.0 Å². The Morgan fingerprint density at radius 1 is 0.684 bits per heavy atom. The van der Waals surface area contributed by atoms with Gasteiger partial charge >= 0.3 is 0 Å². The summed E-state index contributed by atoms with van der Waals surface area (Å²) in [7, 11) is 0. The van der Waals surface area contributed by atoms with Crippen molar-refractivity contribution in [2.45, 2.75) is 0 Å². The number of hydrogen-bond donors (Lipinski definition) is 0. The lowest BCUT2D eigenvalue weighted by Gasteiger charge is -2.08. The van der Waals surface area contributed by atoms with Gasteiger partial charge in [-0.15, -0.1) is 11.3 Å². The van der Waals surface area contributed by atoms with Crippen molar-refractivity contribution >= 4 is 33.0 Å². The zero-order valence-electron chi connectivity index (χ0n) is 10.2. The van der Waals surface area contributed by atoms with E-state index in [9.17, 15) is 0 Å². The molecular weight excluding hydrogens is 250 g/mol. The van der Waals surface area contributed by atoms with Crippen molar-refractivity contribution in [3.63, 3.8) is 0 Å². The van der Waals surface area contributed by atoms with Gasteiger partial charge in [-0.2, -0.15) is 0 Å². The molecule has 0 aliphatic heterocycles. The first kappa shape index (κ1) is 10.7. The van der Waals surface area contributed by atoms with E-state index in [1.807, 2.05) is 6.07 Å². The molecule has 0 aliphatic carbocycles. The second kappa shape index (κ2) is 4.18. The molecule has 0 atom stereocenters. The molecule has 1 nitrogen and oxygen atoms in total. The van der Waals surface area contributed by atoms with Crippen LogP contribution in [0.1, 0.15) is 0 Å². The maximum absolute atomic E-state index is 4.86. The Balaban J connectivity index is 2.22. The first-order chi connectivity index (χ1) is 9.43. The summed E-state index contributed by atoms with van der Waals surface area (Å²) in [4.78, 5) is 6.08. The third-order valence-electron chi connectivity index (χ3n) is 3.36. The molecule has 0 saturated carbocycles. The number of fused-ring (bicyclic) bond motifs is 3. The van der Waals surface area contributed by atoms with Crippen molar-refractivity contribution in [3.8, 4) is 10.6 Å². The largest absolute Gasteiger partial charge is 0.246 e. The summed E-state index contributed by atoms with van der Waals surface area (Å²) < 4.78 is 0. The van der Waals surface area contributed by atoms with Crippen LogP contribution >= 0.6 is 11.3 Å². The monoisotopic (exact) mass is 261 g/mol. The average Bonchev–Trinajstić information content (AvgIpc) is 3.00. The van der Waals surface area contributed by atoms with Gasteiger partial charge in [-0.25, -0.2) is 4.98 Å². The number of thiophene rings is 1. The molecule has 2 heterocycles. The van der Waals surface area contributed by atoms with Gasteiger partial charge in [0.1, 0.15) is 0 Å². The second-order valence-electron chi connectivity index (χ2n) is 4.50. The molecule has 0 spiro atoms. The van der Waals surface area contributed by atoms with Crippen LogP contribution in [0.4, 0.5) is 0 Å². The molecule has 2 aromatic heterocycles.